The molecule has 100 valence electrons. The number of aryl methyl sites for hydroxylation is 1. The van der Waals surface area contributed by atoms with Crippen LogP contribution in [0.15, 0.2) is 4.52 Å². The van der Waals surface area contributed by atoms with E-state index in [1.165, 1.54) is 0 Å². The van der Waals surface area contributed by atoms with Gasteiger partial charge >= 0.3 is 12.0 Å². The fourth-order valence-corrected chi connectivity index (χ4v) is 1.25. The van der Waals surface area contributed by atoms with Crippen molar-refractivity contribution in [3.8, 4) is 0 Å². The largest absolute Gasteiger partial charge is 0.481 e. The van der Waals surface area contributed by atoms with Gasteiger partial charge in [-0.25, -0.2) is 4.79 Å². The van der Waals surface area contributed by atoms with Gasteiger partial charge in [0.25, 0.3) is 0 Å². The number of aliphatic carboxylic acids is 1. The Bertz CT molecular complexity index is 418. The summed E-state index contributed by atoms with van der Waals surface area (Å²) >= 11 is 0. The van der Waals surface area contributed by atoms with Crippen molar-refractivity contribution in [3.05, 3.63) is 11.7 Å². The van der Waals surface area contributed by atoms with Crippen LogP contribution < -0.4 is 10.6 Å². The third kappa shape index (κ3) is 4.40. The first-order valence-electron chi connectivity index (χ1n) is 5.56. The number of carboxylic acid groups (broad SMARTS) is 1. The minimum atomic E-state index is -0.926. The summed E-state index contributed by atoms with van der Waals surface area (Å²) in [4.78, 5) is 26.0. The smallest absolute Gasteiger partial charge is 0.315 e. The summed E-state index contributed by atoms with van der Waals surface area (Å²) in [5.74, 6) is -0.719. The summed E-state index contributed by atoms with van der Waals surface area (Å²) < 4.78 is 4.80. The van der Waals surface area contributed by atoms with E-state index in [9.17, 15) is 9.59 Å². The van der Waals surface area contributed by atoms with E-state index in [0.29, 0.717) is 18.1 Å². The van der Waals surface area contributed by atoms with Crippen molar-refractivity contribution < 1.29 is 19.2 Å². The molecule has 1 atom stereocenters. The number of hydrogen-bond donors (Lipinski definition) is 3. The van der Waals surface area contributed by atoms with Crippen molar-refractivity contribution in [2.75, 3.05) is 6.54 Å². The molecule has 1 aromatic heterocycles. The number of nitrogens with one attached hydrogen (secondary N) is 2. The Morgan fingerprint density at radius 3 is 2.67 bits per heavy atom. The van der Waals surface area contributed by atoms with Gasteiger partial charge in [0.1, 0.15) is 0 Å². The van der Waals surface area contributed by atoms with Gasteiger partial charge in [0.05, 0.1) is 12.5 Å². The van der Waals surface area contributed by atoms with Crippen LogP contribution in [0.5, 0.6) is 0 Å². The molecule has 0 aliphatic rings. The minimum absolute atomic E-state index is 0.0839. The molecule has 0 fully saturated rings. The van der Waals surface area contributed by atoms with E-state index in [2.05, 4.69) is 20.8 Å². The van der Waals surface area contributed by atoms with E-state index in [1.807, 2.05) is 0 Å². The molecule has 1 unspecified atom stereocenters. The minimum Gasteiger partial charge on any atom is -0.481 e. The molecule has 0 bridgehead atoms. The summed E-state index contributed by atoms with van der Waals surface area (Å²) in [6, 6.07) is -0.467. The number of carbonyl (C=O) groups excluding carboxylic acids is 1. The number of amides is 2. The number of aromatic nitrogens is 2. The third-order valence-corrected chi connectivity index (χ3v) is 2.32. The van der Waals surface area contributed by atoms with Crippen molar-refractivity contribution in [2.45, 2.75) is 26.8 Å². The van der Waals surface area contributed by atoms with E-state index in [1.54, 1.807) is 13.8 Å². The first-order chi connectivity index (χ1) is 8.52. The molecule has 2 amide bonds. The molecule has 8 heteroatoms. The van der Waals surface area contributed by atoms with E-state index < -0.39 is 17.9 Å². The molecule has 0 aromatic carbocycles. The van der Waals surface area contributed by atoms with Gasteiger partial charge in [0, 0.05) is 6.54 Å². The number of rotatable bonds is 6. The van der Waals surface area contributed by atoms with Crippen LogP contribution in [0.25, 0.3) is 0 Å². The fourth-order valence-electron chi connectivity index (χ4n) is 1.25. The van der Waals surface area contributed by atoms with Crippen molar-refractivity contribution in [2.24, 2.45) is 5.92 Å². The highest BCUT2D eigenvalue weighted by Crippen LogP contribution is 2.00. The number of carboxylic acids is 1. The molecule has 1 heterocycles. The zero-order chi connectivity index (χ0) is 13.5. The van der Waals surface area contributed by atoms with E-state index in [0.717, 1.165) is 0 Å². The van der Waals surface area contributed by atoms with Crippen molar-refractivity contribution in [1.29, 1.82) is 0 Å². The number of nitrogens with zero attached hydrogens (tertiary/aromatic N) is 2. The van der Waals surface area contributed by atoms with Crippen molar-refractivity contribution in [1.82, 2.24) is 20.8 Å². The van der Waals surface area contributed by atoms with E-state index >= 15 is 0 Å². The zero-order valence-electron chi connectivity index (χ0n) is 10.3. The fraction of sp³-hybridized carbons (Fsp3) is 0.600. The van der Waals surface area contributed by atoms with Crippen LogP contribution >= 0.6 is 0 Å². The van der Waals surface area contributed by atoms with Crippen molar-refractivity contribution in [3.63, 3.8) is 0 Å². The lowest BCUT2D eigenvalue weighted by molar-refractivity contribution is -0.141. The second-order valence-electron chi connectivity index (χ2n) is 3.74. The highest BCUT2D eigenvalue weighted by Gasteiger charge is 2.15. The van der Waals surface area contributed by atoms with Crippen LogP contribution in [0.2, 0.25) is 0 Å². The Hall–Kier alpha value is -2.12. The summed E-state index contributed by atoms with van der Waals surface area (Å²) in [5.41, 5.74) is 0. The van der Waals surface area contributed by atoms with E-state index in [4.69, 9.17) is 9.63 Å². The maximum absolute atomic E-state index is 11.4. The van der Waals surface area contributed by atoms with Gasteiger partial charge < -0.3 is 20.3 Å². The molecular formula is C10H16N4O4. The Morgan fingerprint density at radius 1 is 1.44 bits per heavy atom. The molecule has 0 saturated carbocycles. The van der Waals surface area contributed by atoms with Crippen LogP contribution in [0.1, 0.15) is 25.1 Å². The molecule has 1 rings (SSSR count). The highest BCUT2D eigenvalue weighted by atomic mass is 16.5. The number of hydrogen-bond acceptors (Lipinski definition) is 5. The van der Waals surface area contributed by atoms with E-state index in [-0.39, 0.29) is 13.1 Å². The van der Waals surface area contributed by atoms with Gasteiger partial charge in [-0.15, -0.1) is 0 Å². The van der Waals surface area contributed by atoms with Gasteiger partial charge in [-0.2, -0.15) is 4.98 Å². The standard InChI is InChI=1S/C10H16N4O4/c1-3-7(9(15)16)4-11-10(17)12-5-8-13-6(2)14-18-8/h7H,3-5H2,1-2H3,(H,15,16)(H2,11,12,17). The van der Waals surface area contributed by atoms with Crippen LogP contribution in [0.4, 0.5) is 4.79 Å². The average Bonchev–Trinajstić information content (AvgIpc) is 2.73. The van der Waals surface area contributed by atoms with Crippen LogP contribution in [0.3, 0.4) is 0 Å². The molecule has 1 aromatic rings. The summed E-state index contributed by atoms with van der Waals surface area (Å²) in [6.07, 6.45) is 0.457. The van der Waals surface area contributed by atoms with Gasteiger partial charge in [-0.3, -0.25) is 4.79 Å². The predicted molar refractivity (Wildman–Crippen MR) is 60.7 cm³/mol. The lowest BCUT2D eigenvalue weighted by atomic mass is 10.1. The highest BCUT2D eigenvalue weighted by molar-refractivity contribution is 5.75. The molecule has 0 radical (unpaired) electrons. The number of urea groups is 1. The summed E-state index contributed by atoms with van der Waals surface area (Å²) in [6.45, 7) is 3.61. The molecule has 0 spiro atoms. The third-order valence-electron chi connectivity index (χ3n) is 2.32. The van der Waals surface area contributed by atoms with Gasteiger partial charge in [-0.1, -0.05) is 12.1 Å². The van der Waals surface area contributed by atoms with Crippen molar-refractivity contribution >= 4 is 12.0 Å². The second-order valence-corrected chi connectivity index (χ2v) is 3.74. The summed E-state index contributed by atoms with van der Waals surface area (Å²) in [7, 11) is 0. The quantitative estimate of drug-likeness (QED) is 0.673. The summed E-state index contributed by atoms with van der Waals surface area (Å²) in [5, 5.41) is 17.3. The van der Waals surface area contributed by atoms with Crippen LogP contribution in [-0.2, 0) is 11.3 Å². The SMILES string of the molecule is CCC(CNC(=O)NCc1nc(C)no1)C(=O)O. The monoisotopic (exact) mass is 256 g/mol. The Balaban J connectivity index is 2.27. The normalized spacial score (nSPS) is 11.9. The Labute approximate surface area is 104 Å². The maximum Gasteiger partial charge on any atom is 0.315 e. The molecule has 8 nitrogen and oxygen atoms in total. The molecule has 0 saturated heterocycles. The van der Waals surface area contributed by atoms with Crippen LogP contribution in [0, 0.1) is 12.8 Å². The number of carbonyl (C=O) groups is 2. The molecule has 3 N–H and O–H groups in total. The predicted octanol–water partition coefficient (Wildman–Crippen LogP) is 0.288. The topological polar surface area (TPSA) is 117 Å². The molecular weight excluding hydrogens is 240 g/mol. The molecule has 0 aliphatic heterocycles. The van der Waals surface area contributed by atoms with Gasteiger partial charge in [0.15, 0.2) is 5.82 Å². The van der Waals surface area contributed by atoms with Crippen LogP contribution in [-0.4, -0.2) is 33.8 Å². The lowest BCUT2D eigenvalue weighted by Gasteiger charge is -2.11. The maximum atomic E-state index is 11.4. The Morgan fingerprint density at radius 2 is 2.17 bits per heavy atom. The molecule has 0 aliphatic carbocycles. The average molecular weight is 256 g/mol. The second kappa shape index (κ2) is 6.58. The Kier molecular flexibility index (Phi) is 5.09. The zero-order valence-corrected chi connectivity index (χ0v) is 10.3. The molecule has 18 heavy (non-hydrogen) atoms. The first-order valence-corrected chi connectivity index (χ1v) is 5.56. The van der Waals surface area contributed by atoms with Gasteiger partial charge in [0.2, 0.25) is 5.89 Å². The van der Waals surface area contributed by atoms with Gasteiger partial charge in [-0.05, 0) is 13.3 Å². The first kappa shape index (κ1) is 13.9. The lowest BCUT2D eigenvalue weighted by Crippen LogP contribution is -2.39.